The minimum absolute atomic E-state index is 0.0939. The van der Waals surface area contributed by atoms with E-state index >= 15 is 0 Å². The molecule has 0 amide bonds. The lowest BCUT2D eigenvalue weighted by atomic mass is 9.97. The van der Waals surface area contributed by atoms with Crippen LogP contribution in [0.25, 0.3) is 0 Å². The van der Waals surface area contributed by atoms with Crippen LogP contribution < -0.4 is 0 Å². The van der Waals surface area contributed by atoms with E-state index in [4.69, 9.17) is 4.74 Å². The number of alkyl halides is 3. The summed E-state index contributed by atoms with van der Waals surface area (Å²) in [6.07, 6.45) is -3.91. The monoisotopic (exact) mass is 385 g/mol. The molecule has 2 rings (SSSR count). The topological polar surface area (TPSA) is 83.5 Å². The average molecular weight is 385 g/mol. The molecule has 0 spiro atoms. The molecule has 3 unspecified atom stereocenters. The molecule has 0 N–H and O–H groups in total. The summed E-state index contributed by atoms with van der Waals surface area (Å²) < 4.78 is 91.7. The number of hydrogen-bond acceptors (Lipinski definition) is 5. The smallest absolute Gasteiger partial charge is 0.416 e. The molecule has 10 heteroatoms. The highest BCUT2D eigenvalue weighted by atomic mass is 32.2. The molecule has 1 fully saturated rings. The summed E-state index contributed by atoms with van der Waals surface area (Å²) in [6.45, 7) is 1.32. The highest BCUT2D eigenvalue weighted by molar-refractivity contribution is 7.92. The number of ether oxygens (including phenoxy) is 1. The van der Waals surface area contributed by atoms with E-state index in [9.17, 15) is 30.4 Å². The van der Waals surface area contributed by atoms with Crippen LogP contribution in [0.3, 0.4) is 0 Å². The van der Waals surface area contributed by atoms with Crippen LogP contribution in [0, 0.1) is 5.92 Å². The van der Waals surface area contributed by atoms with Crippen molar-refractivity contribution in [2.24, 2.45) is 5.92 Å². The summed E-state index contributed by atoms with van der Waals surface area (Å²) >= 11 is -2.49. The van der Waals surface area contributed by atoms with Crippen molar-refractivity contribution in [2.45, 2.75) is 35.8 Å². The molecule has 1 aromatic rings. The van der Waals surface area contributed by atoms with Gasteiger partial charge in [-0.3, -0.25) is 4.21 Å². The molecule has 0 saturated carbocycles. The average Bonchev–Trinajstić information content (AvgIpc) is 2.48. The zero-order valence-electron chi connectivity index (χ0n) is 12.7. The molecule has 1 heterocycles. The van der Waals surface area contributed by atoms with Crippen LogP contribution in [0.1, 0.15) is 25.3 Å². The second-order valence-corrected chi connectivity index (χ2v) is 8.93. The molecule has 1 aromatic carbocycles. The molecule has 136 valence electrons. The number of rotatable bonds is 4. The Kier molecular flexibility index (Phi) is 5.43. The summed E-state index contributed by atoms with van der Waals surface area (Å²) in [6, 6.07) is 3.37. The largest absolute Gasteiger partial charge is 0.772 e. The molecule has 1 aliphatic heterocycles. The van der Waals surface area contributed by atoms with E-state index in [0.29, 0.717) is 18.9 Å². The maximum atomic E-state index is 12.9. The summed E-state index contributed by atoms with van der Waals surface area (Å²) in [4.78, 5) is -2.43. The van der Waals surface area contributed by atoms with Gasteiger partial charge in [0.2, 0.25) is 9.84 Å². The first-order valence-electron chi connectivity index (χ1n) is 7.10. The van der Waals surface area contributed by atoms with Gasteiger partial charge in [-0.25, -0.2) is 8.42 Å². The molecule has 0 radical (unpaired) electrons. The van der Waals surface area contributed by atoms with Crippen molar-refractivity contribution in [1.82, 2.24) is 0 Å². The molecule has 0 bridgehead atoms. The van der Waals surface area contributed by atoms with Crippen molar-refractivity contribution >= 4 is 20.9 Å². The third kappa shape index (κ3) is 3.66. The number of benzene rings is 1. The summed E-state index contributed by atoms with van der Waals surface area (Å²) in [7, 11) is -4.33. The van der Waals surface area contributed by atoms with E-state index < -0.39 is 54.2 Å². The zero-order valence-corrected chi connectivity index (χ0v) is 14.3. The first-order valence-corrected chi connectivity index (χ1v) is 9.83. The fourth-order valence-electron chi connectivity index (χ4n) is 2.75. The van der Waals surface area contributed by atoms with Crippen LogP contribution in [0.4, 0.5) is 13.2 Å². The molecule has 24 heavy (non-hydrogen) atoms. The van der Waals surface area contributed by atoms with Gasteiger partial charge >= 0.3 is 6.18 Å². The van der Waals surface area contributed by atoms with Gasteiger partial charge in [0.1, 0.15) is 0 Å². The summed E-state index contributed by atoms with van der Waals surface area (Å²) in [5.74, 6) is -1.29. The van der Waals surface area contributed by atoms with Gasteiger partial charge in [0.15, 0.2) is 4.93 Å². The Balaban J connectivity index is 2.49. The van der Waals surface area contributed by atoms with Crippen molar-refractivity contribution in [3.05, 3.63) is 29.8 Å². The summed E-state index contributed by atoms with van der Waals surface area (Å²) in [5.41, 5.74) is -1.09. The minimum Gasteiger partial charge on any atom is -0.772 e. The van der Waals surface area contributed by atoms with Crippen LogP contribution in [0.15, 0.2) is 29.2 Å². The Morgan fingerprint density at radius 3 is 2.67 bits per heavy atom. The van der Waals surface area contributed by atoms with Gasteiger partial charge in [-0.15, -0.1) is 0 Å². The Bertz CT molecular complexity index is 732. The van der Waals surface area contributed by atoms with Gasteiger partial charge in [-0.1, -0.05) is 17.1 Å². The Morgan fingerprint density at radius 1 is 1.42 bits per heavy atom. The predicted molar refractivity (Wildman–Crippen MR) is 79.5 cm³/mol. The lowest BCUT2D eigenvalue weighted by molar-refractivity contribution is -0.137. The van der Waals surface area contributed by atoms with Crippen LogP contribution >= 0.6 is 0 Å². The van der Waals surface area contributed by atoms with E-state index in [1.54, 1.807) is 0 Å². The van der Waals surface area contributed by atoms with Gasteiger partial charge < -0.3 is 9.29 Å². The highest BCUT2D eigenvalue weighted by Crippen LogP contribution is 2.41. The number of hydrogen-bond donors (Lipinski definition) is 0. The molecule has 0 aliphatic carbocycles. The van der Waals surface area contributed by atoms with Crippen molar-refractivity contribution in [3.8, 4) is 0 Å². The van der Waals surface area contributed by atoms with E-state index in [2.05, 4.69) is 0 Å². The second kappa shape index (κ2) is 6.74. The van der Waals surface area contributed by atoms with Crippen molar-refractivity contribution in [1.29, 1.82) is 0 Å². The number of sulfone groups is 1. The van der Waals surface area contributed by atoms with Crippen LogP contribution in [0.5, 0.6) is 0 Å². The fourth-order valence-corrected chi connectivity index (χ4v) is 5.56. The normalized spacial score (nSPS) is 27.0. The van der Waals surface area contributed by atoms with Gasteiger partial charge in [-0.2, -0.15) is 13.2 Å². The second-order valence-electron chi connectivity index (χ2n) is 5.70. The zero-order chi connectivity index (χ0) is 18.2. The van der Waals surface area contributed by atoms with Crippen LogP contribution in [-0.4, -0.2) is 34.5 Å². The first-order chi connectivity index (χ1) is 11.0. The molecule has 1 aliphatic rings. The van der Waals surface area contributed by atoms with Crippen LogP contribution in [0.2, 0.25) is 0 Å². The maximum absolute atomic E-state index is 12.9. The standard InChI is InChI=1S/C14H17F3O5S2/c1-13(11(9-23(18)19)5-3-7-22-13)24(20,21)12-6-2-4-10(8-12)14(15,16)17/h2,4,6,8,11H,3,5,7,9H2,1H3,(H,18,19)/p-1. The van der Waals surface area contributed by atoms with Crippen LogP contribution in [-0.2, 0) is 31.8 Å². The van der Waals surface area contributed by atoms with Gasteiger partial charge in [0.05, 0.1) is 10.5 Å². The SMILES string of the molecule is CC1(S(=O)(=O)c2cccc(C(F)(F)F)c2)OCCCC1CS(=O)[O-]. The third-order valence-electron chi connectivity index (χ3n) is 4.17. The van der Waals surface area contributed by atoms with E-state index in [0.717, 1.165) is 18.2 Å². The Morgan fingerprint density at radius 2 is 2.08 bits per heavy atom. The lowest BCUT2D eigenvalue weighted by Gasteiger charge is -2.41. The minimum atomic E-state index is -4.68. The lowest BCUT2D eigenvalue weighted by Crippen LogP contribution is -2.50. The van der Waals surface area contributed by atoms with Gasteiger partial charge in [0.25, 0.3) is 0 Å². The maximum Gasteiger partial charge on any atom is 0.416 e. The molecule has 3 atom stereocenters. The van der Waals surface area contributed by atoms with E-state index in [1.807, 2.05) is 0 Å². The number of halogens is 3. The quantitative estimate of drug-likeness (QED) is 0.744. The van der Waals surface area contributed by atoms with Gasteiger partial charge in [0, 0.05) is 18.3 Å². The van der Waals surface area contributed by atoms with Crippen molar-refractivity contribution < 1.29 is 35.1 Å². The predicted octanol–water partition coefficient (Wildman–Crippen LogP) is 2.50. The molecule has 1 saturated heterocycles. The highest BCUT2D eigenvalue weighted by Gasteiger charge is 2.50. The molecular formula is C14H16F3O5S2-. The Labute approximate surface area is 140 Å². The Hall–Kier alpha value is -0.970. The van der Waals surface area contributed by atoms with E-state index in [1.165, 1.54) is 6.92 Å². The first kappa shape index (κ1) is 19.4. The fraction of sp³-hybridized carbons (Fsp3) is 0.571. The molecular weight excluding hydrogens is 369 g/mol. The molecule has 0 aromatic heterocycles. The molecule has 5 nitrogen and oxygen atoms in total. The van der Waals surface area contributed by atoms with Gasteiger partial charge in [-0.05, 0) is 38.0 Å². The third-order valence-corrected chi connectivity index (χ3v) is 7.24. The summed E-state index contributed by atoms with van der Waals surface area (Å²) in [5, 5.41) is 0. The van der Waals surface area contributed by atoms with Crippen molar-refractivity contribution in [2.75, 3.05) is 12.4 Å². The van der Waals surface area contributed by atoms with Crippen molar-refractivity contribution in [3.63, 3.8) is 0 Å². The van der Waals surface area contributed by atoms with E-state index in [-0.39, 0.29) is 6.61 Å².